The van der Waals surface area contributed by atoms with Crippen LogP contribution in [0.25, 0.3) is 0 Å². The number of carbonyl (C=O) groups is 2. The normalized spacial score (nSPS) is 11.8. The summed E-state index contributed by atoms with van der Waals surface area (Å²) in [7, 11) is 0. The molecule has 0 spiro atoms. The molecule has 0 aliphatic carbocycles. The second kappa shape index (κ2) is 8.65. The lowest BCUT2D eigenvalue weighted by Crippen LogP contribution is -2.39. The van der Waals surface area contributed by atoms with Gasteiger partial charge in [0.1, 0.15) is 0 Å². The van der Waals surface area contributed by atoms with Crippen LogP contribution in [0.15, 0.2) is 21.1 Å². The smallest absolute Gasteiger partial charge is 0.337 e. The summed E-state index contributed by atoms with van der Waals surface area (Å²) in [6.45, 7) is 1.99. The summed E-state index contributed by atoms with van der Waals surface area (Å²) in [4.78, 5) is 23.3. The fourth-order valence-electron chi connectivity index (χ4n) is 1.67. The fourth-order valence-corrected chi connectivity index (χ4v) is 3.71. The van der Waals surface area contributed by atoms with E-state index in [4.69, 9.17) is 0 Å². The van der Waals surface area contributed by atoms with Crippen LogP contribution in [0.5, 0.6) is 0 Å². The van der Waals surface area contributed by atoms with Gasteiger partial charge in [-0.15, -0.1) is 0 Å². The van der Waals surface area contributed by atoms with E-state index in [9.17, 15) is 14.7 Å². The average molecular weight is 440 g/mol. The zero-order chi connectivity index (χ0) is 16.0. The first-order chi connectivity index (χ1) is 9.88. The number of carbonyl (C=O) groups excluding carboxylic acids is 1. The first-order valence-corrected chi connectivity index (χ1v) is 9.15. The van der Waals surface area contributed by atoms with Crippen molar-refractivity contribution in [3.8, 4) is 0 Å². The molecular formula is C13H16Br2N2O3S. The Kier molecular flexibility index (Phi) is 7.55. The molecule has 0 radical (unpaired) electrons. The minimum atomic E-state index is -1.11. The van der Waals surface area contributed by atoms with Crippen molar-refractivity contribution >= 4 is 61.3 Å². The van der Waals surface area contributed by atoms with Crippen LogP contribution in [0.3, 0.4) is 0 Å². The summed E-state index contributed by atoms with van der Waals surface area (Å²) in [5.41, 5.74) is 0.256. The van der Waals surface area contributed by atoms with Gasteiger partial charge >= 0.3 is 12.0 Å². The third-order valence-electron chi connectivity index (χ3n) is 2.72. The molecule has 1 atom stereocenters. The Morgan fingerprint density at radius 1 is 1.38 bits per heavy atom. The summed E-state index contributed by atoms with van der Waals surface area (Å²) in [5.74, 6) is -0.305. The van der Waals surface area contributed by atoms with Gasteiger partial charge in [0, 0.05) is 20.7 Å². The number of anilines is 1. The number of halogens is 2. The lowest BCUT2D eigenvalue weighted by molar-refractivity contribution is 0.0698. The predicted molar refractivity (Wildman–Crippen MR) is 93.4 cm³/mol. The third kappa shape index (κ3) is 5.52. The molecule has 0 saturated carbocycles. The van der Waals surface area contributed by atoms with Gasteiger partial charge in [0.2, 0.25) is 0 Å². The lowest BCUT2D eigenvalue weighted by Gasteiger charge is -2.17. The van der Waals surface area contributed by atoms with Crippen LogP contribution >= 0.6 is 43.6 Å². The molecule has 0 aliphatic rings. The Hall–Kier alpha value is -0.730. The molecule has 0 aromatic heterocycles. The van der Waals surface area contributed by atoms with Crippen LogP contribution in [0.4, 0.5) is 10.5 Å². The van der Waals surface area contributed by atoms with Gasteiger partial charge in [-0.3, -0.25) is 0 Å². The molecule has 21 heavy (non-hydrogen) atoms. The van der Waals surface area contributed by atoms with Crippen molar-refractivity contribution in [2.45, 2.75) is 19.4 Å². The van der Waals surface area contributed by atoms with Crippen molar-refractivity contribution in [1.29, 1.82) is 0 Å². The number of aromatic carboxylic acids is 1. The number of hydrogen-bond acceptors (Lipinski definition) is 3. The first kappa shape index (κ1) is 18.3. The molecule has 0 aliphatic heterocycles. The molecule has 8 heteroatoms. The van der Waals surface area contributed by atoms with Gasteiger partial charge in [-0.25, -0.2) is 9.59 Å². The van der Waals surface area contributed by atoms with Gasteiger partial charge in [-0.05, 0) is 40.7 Å². The molecule has 0 bridgehead atoms. The van der Waals surface area contributed by atoms with Gasteiger partial charge < -0.3 is 15.7 Å². The number of hydrogen-bond donors (Lipinski definition) is 3. The van der Waals surface area contributed by atoms with E-state index in [1.165, 1.54) is 6.07 Å². The lowest BCUT2D eigenvalue weighted by atomic mass is 10.2. The predicted octanol–water partition coefficient (Wildman–Crippen LogP) is 4.17. The van der Waals surface area contributed by atoms with Crippen LogP contribution in [0.1, 0.15) is 23.7 Å². The molecule has 3 N–H and O–H groups in total. The molecule has 1 aromatic rings. The Balaban J connectivity index is 2.92. The number of amides is 2. The molecule has 116 valence electrons. The fraction of sp³-hybridized carbons (Fsp3) is 0.385. The van der Waals surface area contributed by atoms with E-state index >= 15 is 0 Å². The van der Waals surface area contributed by atoms with Crippen molar-refractivity contribution < 1.29 is 14.7 Å². The largest absolute Gasteiger partial charge is 0.478 e. The number of thioether (sulfide) groups is 1. The molecule has 5 nitrogen and oxygen atoms in total. The number of carboxylic acid groups (broad SMARTS) is 1. The van der Waals surface area contributed by atoms with E-state index in [2.05, 4.69) is 42.5 Å². The van der Waals surface area contributed by atoms with Gasteiger partial charge in [-0.2, -0.15) is 11.8 Å². The van der Waals surface area contributed by atoms with Crippen molar-refractivity contribution in [2.24, 2.45) is 0 Å². The average Bonchev–Trinajstić information content (AvgIpc) is 2.40. The highest BCUT2D eigenvalue weighted by Crippen LogP contribution is 2.30. The second-order valence-electron chi connectivity index (χ2n) is 4.27. The van der Waals surface area contributed by atoms with Crippen molar-refractivity contribution in [1.82, 2.24) is 5.32 Å². The third-order valence-corrected chi connectivity index (χ3v) is 4.54. The van der Waals surface area contributed by atoms with Crippen LogP contribution in [-0.4, -0.2) is 35.2 Å². The Bertz CT molecular complexity index is 540. The Morgan fingerprint density at radius 2 is 2.05 bits per heavy atom. The zero-order valence-corrected chi connectivity index (χ0v) is 15.6. The quantitative estimate of drug-likeness (QED) is 0.621. The number of nitrogens with one attached hydrogen (secondary N) is 2. The highest BCUT2D eigenvalue weighted by Gasteiger charge is 2.18. The van der Waals surface area contributed by atoms with Crippen LogP contribution in [0.2, 0.25) is 0 Å². The van der Waals surface area contributed by atoms with Crippen LogP contribution in [-0.2, 0) is 0 Å². The van der Waals surface area contributed by atoms with Crippen molar-refractivity contribution in [3.63, 3.8) is 0 Å². The molecule has 0 fully saturated rings. The number of benzene rings is 1. The number of rotatable bonds is 6. The standard InChI is InChI=1S/C13H16Br2N2O3S/c1-3-8(6-21-2)16-13(20)17-11-9(12(18)19)4-7(14)5-10(11)15/h4-5,8H,3,6H2,1-2H3,(H,18,19)(H2,16,17,20). The summed E-state index contributed by atoms with van der Waals surface area (Å²) < 4.78 is 1.12. The summed E-state index contributed by atoms with van der Waals surface area (Å²) in [5, 5.41) is 14.7. The van der Waals surface area contributed by atoms with Gasteiger partial charge in [0.25, 0.3) is 0 Å². The highest BCUT2D eigenvalue weighted by molar-refractivity contribution is 9.11. The second-order valence-corrected chi connectivity index (χ2v) is 6.95. The number of carboxylic acids is 1. The SMILES string of the molecule is CCC(CSC)NC(=O)Nc1c(Br)cc(Br)cc1C(=O)O. The monoisotopic (exact) mass is 438 g/mol. The minimum Gasteiger partial charge on any atom is -0.478 e. The molecular weight excluding hydrogens is 424 g/mol. The van der Waals surface area contributed by atoms with Crippen LogP contribution in [0, 0.1) is 0 Å². The van der Waals surface area contributed by atoms with Crippen molar-refractivity contribution in [2.75, 3.05) is 17.3 Å². The van der Waals surface area contributed by atoms with E-state index in [0.29, 0.717) is 8.95 Å². The summed E-state index contributed by atoms with van der Waals surface area (Å²) in [6, 6.07) is 2.76. The van der Waals surface area contributed by atoms with Crippen LogP contribution < -0.4 is 10.6 Å². The van der Waals surface area contributed by atoms with E-state index in [1.54, 1.807) is 17.8 Å². The molecule has 1 unspecified atom stereocenters. The van der Waals surface area contributed by atoms with Crippen molar-refractivity contribution in [3.05, 3.63) is 26.6 Å². The maximum Gasteiger partial charge on any atom is 0.337 e. The maximum atomic E-state index is 12.0. The maximum absolute atomic E-state index is 12.0. The Morgan fingerprint density at radius 3 is 2.57 bits per heavy atom. The molecule has 2 amide bonds. The van der Waals surface area contributed by atoms with E-state index < -0.39 is 12.0 Å². The number of urea groups is 1. The van der Waals surface area contributed by atoms with E-state index in [0.717, 1.165) is 12.2 Å². The van der Waals surface area contributed by atoms with E-state index in [-0.39, 0.29) is 17.3 Å². The topological polar surface area (TPSA) is 78.4 Å². The van der Waals surface area contributed by atoms with Gasteiger partial charge in [0.05, 0.1) is 11.3 Å². The molecule has 1 aromatic carbocycles. The van der Waals surface area contributed by atoms with E-state index in [1.807, 2.05) is 13.2 Å². The summed E-state index contributed by atoms with van der Waals surface area (Å²) in [6.07, 6.45) is 2.78. The first-order valence-electron chi connectivity index (χ1n) is 6.17. The minimum absolute atomic E-state index is 0.0179. The van der Waals surface area contributed by atoms with Gasteiger partial charge in [-0.1, -0.05) is 22.9 Å². The highest BCUT2D eigenvalue weighted by atomic mass is 79.9. The molecule has 1 rings (SSSR count). The summed E-state index contributed by atoms with van der Waals surface area (Å²) >= 11 is 8.14. The zero-order valence-electron chi connectivity index (χ0n) is 11.6. The molecule has 0 saturated heterocycles. The van der Waals surface area contributed by atoms with Gasteiger partial charge in [0.15, 0.2) is 0 Å². The Labute approximate surface area is 144 Å². The molecule has 0 heterocycles.